The van der Waals surface area contributed by atoms with Crippen LogP contribution in [0.15, 0.2) is 29.1 Å². The first-order chi connectivity index (χ1) is 12.9. The molecule has 1 aromatic heterocycles. The normalized spacial score (nSPS) is 11.0. The number of hydrogen-bond acceptors (Lipinski definition) is 4. The zero-order valence-corrected chi connectivity index (χ0v) is 17.5. The fourth-order valence-electron chi connectivity index (χ4n) is 2.73. The molecule has 1 aromatic carbocycles. The number of methoxy groups -OCH3 is 1. The largest absolute Gasteiger partial charge is 0.497 e. The molecule has 2 N–H and O–H groups in total. The minimum Gasteiger partial charge on any atom is -0.497 e. The molecule has 27 heavy (non-hydrogen) atoms. The van der Waals surface area contributed by atoms with E-state index in [4.69, 9.17) is 17.0 Å². The third-order valence-electron chi connectivity index (χ3n) is 4.40. The molecule has 0 saturated heterocycles. The summed E-state index contributed by atoms with van der Waals surface area (Å²) in [6.07, 6.45) is 2.18. The molecule has 0 unspecified atom stereocenters. The summed E-state index contributed by atoms with van der Waals surface area (Å²) in [6.45, 7) is 5.09. The number of fused-ring (bicyclic) bond motifs is 1. The highest BCUT2D eigenvalue weighted by Gasteiger charge is 2.13. The molecule has 148 valence electrons. The summed E-state index contributed by atoms with van der Waals surface area (Å²) in [6, 6.07) is 7.62. The average molecular weight is 391 g/mol. The van der Waals surface area contributed by atoms with E-state index in [9.17, 15) is 4.79 Å². The summed E-state index contributed by atoms with van der Waals surface area (Å²) >= 11 is 5.58. The quantitative estimate of drug-likeness (QED) is 0.507. The first-order valence-electron chi connectivity index (χ1n) is 9.32. The summed E-state index contributed by atoms with van der Waals surface area (Å²) in [5, 5.41) is 4.98. The van der Waals surface area contributed by atoms with Crippen LogP contribution in [-0.4, -0.2) is 60.7 Å². The minimum atomic E-state index is -0.0954. The topological polar surface area (TPSA) is 60.6 Å². The highest BCUT2D eigenvalue weighted by Crippen LogP contribution is 2.19. The van der Waals surface area contributed by atoms with Crippen molar-refractivity contribution in [1.29, 1.82) is 0 Å². The van der Waals surface area contributed by atoms with Gasteiger partial charge in [-0.1, -0.05) is 13.3 Å². The van der Waals surface area contributed by atoms with E-state index in [0.29, 0.717) is 17.2 Å². The van der Waals surface area contributed by atoms with Crippen molar-refractivity contribution in [1.82, 2.24) is 20.1 Å². The number of rotatable bonds is 9. The number of H-pyrrole nitrogens is 1. The van der Waals surface area contributed by atoms with Crippen molar-refractivity contribution >= 4 is 28.2 Å². The van der Waals surface area contributed by atoms with Gasteiger partial charge in [-0.15, -0.1) is 0 Å². The number of aromatic amines is 1. The van der Waals surface area contributed by atoms with Gasteiger partial charge in [0, 0.05) is 31.3 Å². The molecule has 0 aliphatic heterocycles. The Morgan fingerprint density at radius 2 is 2.04 bits per heavy atom. The van der Waals surface area contributed by atoms with Gasteiger partial charge in [0.1, 0.15) is 5.75 Å². The second-order valence-corrected chi connectivity index (χ2v) is 7.27. The highest BCUT2D eigenvalue weighted by molar-refractivity contribution is 7.80. The van der Waals surface area contributed by atoms with Crippen molar-refractivity contribution in [2.24, 2.45) is 0 Å². The van der Waals surface area contributed by atoms with Crippen LogP contribution < -0.4 is 15.6 Å². The molecule has 2 aromatic rings. The standard InChI is InChI=1S/C20H30N4O2S/c1-5-6-9-21-20(27)24(11-10-23(2)3)14-16-12-15-7-8-17(26-4)13-18(15)22-19(16)25/h7-8,12-13H,5-6,9-11,14H2,1-4H3,(H,21,27)(H,22,25). The van der Waals surface area contributed by atoms with Crippen LogP contribution in [0.5, 0.6) is 5.75 Å². The molecule has 0 amide bonds. The first kappa shape index (κ1) is 21.2. The average Bonchev–Trinajstić information content (AvgIpc) is 2.64. The number of nitrogens with zero attached hydrogens (tertiary/aromatic N) is 2. The molecule has 0 fully saturated rings. The Morgan fingerprint density at radius 1 is 1.26 bits per heavy atom. The number of pyridine rings is 1. The van der Waals surface area contributed by atoms with Crippen LogP contribution in [-0.2, 0) is 6.54 Å². The summed E-state index contributed by atoms with van der Waals surface area (Å²) in [4.78, 5) is 19.7. The smallest absolute Gasteiger partial charge is 0.253 e. The molecule has 2 rings (SSSR count). The van der Waals surface area contributed by atoms with Crippen molar-refractivity contribution in [2.45, 2.75) is 26.3 Å². The molecule has 0 atom stereocenters. The van der Waals surface area contributed by atoms with Crippen molar-refractivity contribution in [3.8, 4) is 5.75 Å². The van der Waals surface area contributed by atoms with E-state index in [0.717, 1.165) is 49.1 Å². The van der Waals surface area contributed by atoms with Gasteiger partial charge in [0.25, 0.3) is 5.56 Å². The lowest BCUT2D eigenvalue weighted by molar-refractivity contribution is 0.322. The Kier molecular flexibility index (Phi) is 8.06. The summed E-state index contributed by atoms with van der Waals surface area (Å²) in [5.41, 5.74) is 1.37. The molecule has 0 bridgehead atoms. The number of benzene rings is 1. The van der Waals surface area contributed by atoms with Crippen LogP contribution in [0.1, 0.15) is 25.3 Å². The van der Waals surface area contributed by atoms with Crippen LogP contribution in [0, 0.1) is 0 Å². The van der Waals surface area contributed by atoms with Gasteiger partial charge in [0.2, 0.25) is 0 Å². The third kappa shape index (κ3) is 6.22. The SMILES string of the molecule is CCCCNC(=S)N(CCN(C)C)Cc1cc2ccc(OC)cc2[nH]c1=O. The zero-order chi connectivity index (χ0) is 19.8. The summed E-state index contributed by atoms with van der Waals surface area (Å²) in [5.74, 6) is 0.722. The van der Waals surface area contributed by atoms with Crippen molar-refractivity contribution in [3.63, 3.8) is 0 Å². The number of ether oxygens (including phenoxy) is 1. The lowest BCUT2D eigenvalue weighted by Crippen LogP contribution is -2.43. The van der Waals surface area contributed by atoms with E-state index >= 15 is 0 Å². The Bertz CT molecular complexity index is 819. The van der Waals surface area contributed by atoms with E-state index in [-0.39, 0.29) is 5.56 Å². The maximum atomic E-state index is 12.6. The van der Waals surface area contributed by atoms with E-state index < -0.39 is 0 Å². The number of unbranched alkanes of at least 4 members (excludes halogenated alkanes) is 1. The van der Waals surface area contributed by atoms with E-state index in [1.807, 2.05) is 38.4 Å². The molecular weight excluding hydrogens is 360 g/mol. The monoisotopic (exact) mass is 390 g/mol. The number of thiocarbonyl (C=S) groups is 1. The van der Waals surface area contributed by atoms with Crippen molar-refractivity contribution < 1.29 is 4.74 Å². The maximum absolute atomic E-state index is 12.6. The summed E-state index contributed by atoms with van der Waals surface area (Å²) in [7, 11) is 5.67. The number of likely N-dealkylation sites (N-methyl/N-ethyl adjacent to an activating group) is 1. The highest BCUT2D eigenvalue weighted by atomic mass is 32.1. The fraction of sp³-hybridized carbons (Fsp3) is 0.500. The predicted molar refractivity (Wildman–Crippen MR) is 116 cm³/mol. The van der Waals surface area contributed by atoms with Crippen LogP contribution >= 0.6 is 12.2 Å². The molecule has 1 heterocycles. The molecule has 0 aliphatic carbocycles. The predicted octanol–water partition coefficient (Wildman–Crippen LogP) is 2.57. The van der Waals surface area contributed by atoms with Gasteiger partial charge in [-0.05, 0) is 56.3 Å². The maximum Gasteiger partial charge on any atom is 0.253 e. The molecule has 0 aliphatic rings. The molecule has 0 radical (unpaired) electrons. The molecular formula is C20H30N4O2S. The van der Waals surface area contributed by atoms with Gasteiger partial charge in [0.15, 0.2) is 5.11 Å². The van der Waals surface area contributed by atoms with Crippen molar-refractivity contribution in [2.75, 3.05) is 40.8 Å². The van der Waals surface area contributed by atoms with Gasteiger partial charge >= 0.3 is 0 Å². The Labute approximate surface area is 166 Å². The second kappa shape index (κ2) is 10.3. The lowest BCUT2D eigenvalue weighted by Gasteiger charge is -2.27. The third-order valence-corrected chi connectivity index (χ3v) is 4.80. The molecule has 7 heteroatoms. The zero-order valence-electron chi connectivity index (χ0n) is 16.7. The second-order valence-electron chi connectivity index (χ2n) is 6.89. The van der Waals surface area contributed by atoms with Gasteiger partial charge in [-0.3, -0.25) is 4.79 Å². The number of hydrogen-bond donors (Lipinski definition) is 2. The van der Waals surface area contributed by atoms with Crippen LogP contribution in [0.25, 0.3) is 10.9 Å². The number of nitrogens with one attached hydrogen (secondary N) is 2. The molecule has 0 spiro atoms. The van der Waals surface area contributed by atoms with Crippen LogP contribution in [0.2, 0.25) is 0 Å². The van der Waals surface area contributed by atoms with E-state index in [1.165, 1.54) is 0 Å². The molecule has 0 saturated carbocycles. The van der Waals surface area contributed by atoms with Gasteiger partial charge < -0.3 is 24.8 Å². The molecule has 6 nitrogen and oxygen atoms in total. The minimum absolute atomic E-state index is 0.0954. The van der Waals surface area contributed by atoms with E-state index in [2.05, 4.69) is 27.0 Å². The fourth-order valence-corrected chi connectivity index (χ4v) is 2.99. The van der Waals surface area contributed by atoms with Crippen LogP contribution in [0.4, 0.5) is 0 Å². The van der Waals surface area contributed by atoms with Gasteiger partial charge in [-0.25, -0.2) is 0 Å². The van der Waals surface area contributed by atoms with Gasteiger partial charge in [0.05, 0.1) is 19.2 Å². The first-order valence-corrected chi connectivity index (χ1v) is 9.73. The van der Waals surface area contributed by atoms with Crippen LogP contribution in [0.3, 0.4) is 0 Å². The lowest BCUT2D eigenvalue weighted by atomic mass is 10.1. The van der Waals surface area contributed by atoms with E-state index in [1.54, 1.807) is 7.11 Å². The Balaban J connectivity index is 2.22. The number of aromatic nitrogens is 1. The van der Waals surface area contributed by atoms with Gasteiger partial charge in [-0.2, -0.15) is 0 Å². The summed E-state index contributed by atoms with van der Waals surface area (Å²) < 4.78 is 5.23. The Morgan fingerprint density at radius 3 is 2.70 bits per heavy atom. The Hall–Kier alpha value is -2.12. The van der Waals surface area contributed by atoms with Crippen molar-refractivity contribution in [3.05, 3.63) is 40.2 Å².